The van der Waals surface area contributed by atoms with Crippen molar-refractivity contribution in [2.45, 2.75) is 32.4 Å². The highest BCUT2D eigenvalue weighted by atomic mass is 16.5. The summed E-state index contributed by atoms with van der Waals surface area (Å²) >= 11 is 0. The van der Waals surface area contributed by atoms with Crippen LogP contribution in [0, 0.1) is 0 Å². The highest BCUT2D eigenvalue weighted by molar-refractivity contribution is 5.32. The van der Waals surface area contributed by atoms with E-state index >= 15 is 0 Å². The third kappa shape index (κ3) is 5.20. The van der Waals surface area contributed by atoms with Crippen LogP contribution in [-0.2, 0) is 6.54 Å². The Bertz CT molecular complexity index is 344. The van der Waals surface area contributed by atoms with E-state index in [9.17, 15) is 5.11 Å². The Hall–Kier alpha value is -1.06. The molecule has 0 aliphatic carbocycles. The van der Waals surface area contributed by atoms with E-state index in [0.717, 1.165) is 25.3 Å². The highest BCUT2D eigenvalue weighted by Crippen LogP contribution is 2.19. The molecule has 0 aliphatic rings. The van der Waals surface area contributed by atoms with Gasteiger partial charge in [0.15, 0.2) is 0 Å². The molecule has 1 aromatic rings. The predicted octanol–water partition coefficient (Wildman–Crippen LogP) is 2.29. The standard InChI is InChI=1S/C14H23NO2/c1-14(2,16)9-10-15(3)11-12-7-5-6-8-13(12)17-4/h5-8,16H,9-11H2,1-4H3. The predicted molar refractivity (Wildman–Crippen MR) is 70.2 cm³/mol. The largest absolute Gasteiger partial charge is 0.496 e. The van der Waals surface area contributed by atoms with E-state index in [-0.39, 0.29) is 0 Å². The molecule has 0 aliphatic heterocycles. The molecule has 0 saturated carbocycles. The Kier molecular flexibility index (Phi) is 4.97. The van der Waals surface area contributed by atoms with Gasteiger partial charge < -0.3 is 14.7 Å². The van der Waals surface area contributed by atoms with Crippen molar-refractivity contribution in [1.82, 2.24) is 4.90 Å². The molecule has 1 aromatic carbocycles. The third-order valence-corrected chi connectivity index (χ3v) is 2.74. The Morgan fingerprint density at radius 1 is 1.29 bits per heavy atom. The summed E-state index contributed by atoms with van der Waals surface area (Å²) in [4.78, 5) is 2.19. The number of ether oxygens (including phenoxy) is 1. The van der Waals surface area contributed by atoms with Crippen LogP contribution in [0.3, 0.4) is 0 Å². The number of methoxy groups -OCH3 is 1. The van der Waals surface area contributed by atoms with Gasteiger partial charge in [-0.2, -0.15) is 0 Å². The van der Waals surface area contributed by atoms with E-state index in [4.69, 9.17) is 4.74 Å². The van der Waals surface area contributed by atoms with Crippen LogP contribution >= 0.6 is 0 Å². The molecule has 3 nitrogen and oxygen atoms in total. The number of aliphatic hydroxyl groups is 1. The first kappa shape index (κ1) is 14.0. The maximum absolute atomic E-state index is 9.68. The molecular weight excluding hydrogens is 214 g/mol. The molecule has 0 heterocycles. The fourth-order valence-corrected chi connectivity index (χ4v) is 1.67. The van der Waals surface area contributed by atoms with Crippen LogP contribution in [0.2, 0.25) is 0 Å². The lowest BCUT2D eigenvalue weighted by Gasteiger charge is -2.23. The number of benzene rings is 1. The molecule has 0 saturated heterocycles. The first-order valence-corrected chi connectivity index (χ1v) is 5.95. The summed E-state index contributed by atoms with van der Waals surface area (Å²) in [6, 6.07) is 8.03. The van der Waals surface area contributed by atoms with E-state index < -0.39 is 5.60 Å². The molecule has 1 rings (SSSR count). The smallest absolute Gasteiger partial charge is 0.123 e. The molecule has 0 bridgehead atoms. The molecule has 0 radical (unpaired) electrons. The average molecular weight is 237 g/mol. The molecule has 96 valence electrons. The Labute approximate surface area is 104 Å². The lowest BCUT2D eigenvalue weighted by atomic mass is 10.1. The topological polar surface area (TPSA) is 32.7 Å². The van der Waals surface area contributed by atoms with Crippen molar-refractivity contribution >= 4 is 0 Å². The van der Waals surface area contributed by atoms with Gasteiger partial charge in [0.1, 0.15) is 5.75 Å². The summed E-state index contributed by atoms with van der Waals surface area (Å²) < 4.78 is 5.32. The van der Waals surface area contributed by atoms with Crippen molar-refractivity contribution in [3.63, 3.8) is 0 Å². The molecule has 0 unspecified atom stereocenters. The van der Waals surface area contributed by atoms with E-state index in [2.05, 4.69) is 18.0 Å². The Balaban J connectivity index is 2.53. The van der Waals surface area contributed by atoms with Gasteiger partial charge >= 0.3 is 0 Å². The fraction of sp³-hybridized carbons (Fsp3) is 0.571. The van der Waals surface area contributed by atoms with Gasteiger partial charge in [0.25, 0.3) is 0 Å². The van der Waals surface area contributed by atoms with Crippen LogP contribution in [0.15, 0.2) is 24.3 Å². The number of rotatable bonds is 6. The van der Waals surface area contributed by atoms with Crippen molar-refractivity contribution in [2.24, 2.45) is 0 Å². The van der Waals surface area contributed by atoms with E-state index in [1.165, 1.54) is 5.56 Å². The van der Waals surface area contributed by atoms with Crippen LogP contribution in [-0.4, -0.2) is 36.3 Å². The van der Waals surface area contributed by atoms with Gasteiger partial charge in [-0.3, -0.25) is 0 Å². The Morgan fingerprint density at radius 3 is 2.53 bits per heavy atom. The summed E-state index contributed by atoms with van der Waals surface area (Å²) in [5.74, 6) is 0.919. The van der Waals surface area contributed by atoms with Crippen LogP contribution in [0.5, 0.6) is 5.75 Å². The van der Waals surface area contributed by atoms with Gasteiger partial charge in [-0.1, -0.05) is 18.2 Å². The van der Waals surface area contributed by atoms with Gasteiger partial charge in [0, 0.05) is 18.7 Å². The van der Waals surface area contributed by atoms with Crippen LogP contribution in [0.1, 0.15) is 25.8 Å². The third-order valence-electron chi connectivity index (χ3n) is 2.74. The molecule has 0 fully saturated rings. The lowest BCUT2D eigenvalue weighted by Crippen LogP contribution is -2.28. The quantitative estimate of drug-likeness (QED) is 0.824. The second kappa shape index (κ2) is 6.03. The monoisotopic (exact) mass is 237 g/mol. The van der Waals surface area contributed by atoms with Gasteiger partial charge in [-0.25, -0.2) is 0 Å². The van der Waals surface area contributed by atoms with E-state index in [1.54, 1.807) is 7.11 Å². The second-order valence-corrected chi connectivity index (χ2v) is 5.11. The van der Waals surface area contributed by atoms with Crippen molar-refractivity contribution in [3.8, 4) is 5.75 Å². The molecule has 0 spiro atoms. The van der Waals surface area contributed by atoms with Gasteiger partial charge in [0.2, 0.25) is 0 Å². The van der Waals surface area contributed by atoms with Crippen molar-refractivity contribution in [1.29, 1.82) is 0 Å². The molecule has 0 atom stereocenters. The summed E-state index contributed by atoms with van der Waals surface area (Å²) in [6.07, 6.45) is 0.763. The zero-order valence-electron chi connectivity index (χ0n) is 11.2. The van der Waals surface area contributed by atoms with Crippen molar-refractivity contribution in [2.75, 3.05) is 20.7 Å². The fourth-order valence-electron chi connectivity index (χ4n) is 1.67. The lowest BCUT2D eigenvalue weighted by molar-refractivity contribution is 0.0599. The first-order chi connectivity index (χ1) is 7.92. The molecular formula is C14H23NO2. The van der Waals surface area contributed by atoms with Gasteiger partial charge in [-0.05, 0) is 33.4 Å². The number of hydrogen-bond acceptors (Lipinski definition) is 3. The zero-order chi connectivity index (χ0) is 12.9. The maximum Gasteiger partial charge on any atom is 0.123 e. The minimum atomic E-state index is -0.602. The maximum atomic E-state index is 9.68. The Morgan fingerprint density at radius 2 is 1.94 bits per heavy atom. The summed E-state index contributed by atoms with van der Waals surface area (Å²) in [7, 11) is 3.74. The van der Waals surface area contributed by atoms with Crippen LogP contribution < -0.4 is 4.74 Å². The average Bonchev–Trinajstić information content (AvgIpc) is 2.26. The summed E-state index contributed by atoms with van der Waals surface area (Å²) in [5, 5.41) is 9.68. The van der Waals surface area contributed by atoms with Gasteiger partial charge in [-0.15, -0.1) is 0 Å². The number of para-hydroxylation sites is 1. The first-order valence-electron chi connectivity index (χ1n) is 5.95. The minimum absolute atomic E-state index is 0.602. The highest BCUT2D eigenvalue weighted by Gasteiger charge is 2.14. The van der Waals surface area contributed by atoms with E-state index in [1.807, 2.05) is 32.0 Å². The van der Waals surface area contributed by atoms with Crippen LogP contribution in [0.25, 0.3) is 0 Å². The molecule has 17 heavy (non-hydrogen) atoms. The summed E-state index contributed by atoms with van der Waals surface area (Å²) in [6.45, 7) is 5.37. The van der Waals surface area contributed by atoms with E-state index in [0.29, 0.717) is 0 Å². The second-order valence-electron chi connectivity index (χ2n) is 5.11. The molecule has 3 heteroatoms. The van der Waals surface area contributed by atoms with Crippen LogP contribution in [0.4, 0.5) is 0 Å². The molecule has 1 N–H and O–H groups in total. The minimum Gasteiger partial charge on any atom is -0.496 e. The van der Waals surface area contributed by atoms with Gasteiger partial charge in [0.05, 0.1) is 12.7 Å². The molecule has 0 aromatic heterocycles. The van der Waals surface area contributed by atoms with Crippen molar-refractivity contribution < 1.29 is 9.84 Å². The van der Waals surface area contributed by atoms with Crippen molar-refractivity contribution in [3.05, 3.63) is 29.8 Å². The number of nitrogens with zero attached hydrogens (tertiary/aromatic N) is 1. The molecule has 0 amide bonds. The summed E-state index contributed by atoms with van der Waals surface area (Å²) in [5.41, 5.74) is 0.572. The normalized spacial score (nSPS) is 11.9. The number of hydrogen-bond donors (Lipinski definition) is 1. The SMILES string of the molecule is COc1ccccc1CN(C)CCC(C)(C)O. The zero-order valence-corrected chi connectivity index (χ0v) is 11.2.